The number of ether oxygens (including phenoxy) is 1. The molecule has 4 amide bonds. The fourth-order valence-electron chi connectivity index (χ4n) is 5.60. The minimum Gasteiger partial charge on any atom is -0.376 e. The number of carbonyl (C=O) groups excluding carboxylic acids is 3. The number of H-pyrrole nitrogens is 1. The number of urea groups is 1. The summed E-state index contributed by atoms with van der Waals surface area (Å²) in [4.78, 5) is 42.5. The Morgan fingerprint density at radius 1 is 1.27 bits per heavy atom. The van der Waals surface area contributed by atoms with E-state index in [9.17, 15) is 14.4 Å². The molecule has 9 nitrogen and oxygen atoms in total. The van der Waals surface area contributed by atoms with E-state index in [1.165, 1.54) is 4.90 Å². The average Bonchev–Trinajstić information content (AvgIpc) is 3.52. The summed E-state index contributed by atoms with van der Waals surface area (Å²) in [5.74, 6) is 0.285. The summed E-state index contributed by atoms with van der Waals surface area (Å²) in [6, 6.07) is 1.54. The second kappa shape index (κ2) is 9.83. The molecule has 2 atom stereocenters. The van der Waals surface area contributed by atoms with E-state index >= 15 is 0 Å². The molecular formula is C24H37N5O4. The summed E-state index contributed by atoms with van der Waals surface area (Å²) < 4.78 is 5.66. The number of imide groups is 1. The third-order valence-electron chi connectivity index (χ3n) is 7.21. The molecule has 0 bridgehead atoms. The van der Waals surface area contributed by atoms with Crippen molar-refractivity contribution in [2.24, 2.45) is 11.8 Å². The van der Waals surface area contributed by atoms with Crippen molar-refractivity contribution in [2.45, 2.75) is 77.4 Å². The molecule has 3 fully saturated rings. The molecule has 1 aromatic rings. The Bertz CT molecular complexity index is 870. The van der Waals surface area contributed by atoms with Crippen LogP contribution in [0.3, 0.4) is 0 Å². The van der Waals surface area contributed by atoms with Gasteiger partial charge in [-0.1, -0.05) is 27.2 Å². The van der Waals surface area contributed by atoms with Crippen LogP contribution >= 0.6 is 0 Å². The molecule has 2 unspecified atom stereocenters. The van der Waals surface area contributed by atoms with Crippen molar-refractivity contribution in [2.75, 3.05) is 26.2 Å². The van der Waals surface area contributed by atoms with Gasteiger partial charge in [0.15, 0.2) is 0 Å². The lowest BCUT2D eigenvalue weighted by Gasteiger charge is -2.40. The van der Waals surface area contributed by atoms with Crippen molar-refractivity contribution in [3.05, 3.63) is 17.5 Å². The van der Waals surface area contributed by atoms with E-state index in [4.69, 9.17) is 4.74 Å². The van der Waals surface area contributed by atoms with Crippen LogP contribution in [0.2, 0.25) is 0 Å². The Kier molecular flexibility index (Phi) is 7.07. The molecular weight excluding hydrogens is 422 g/mol. The van der Waals surface area contributed by atoms with Crippen molar-refractivity contribution in [1.29, 1.82) is 0 Å². The molecule has 0 aromatic carbocycles. The average molecular weight is 460 g/mol. The molecule has 182 valence electrons. The van der Waals surface area contributed by atoms with Crippen LogP contribution in [0.1, 0.15) is 75.5 Å². The van der Waals surface area contributed by atoms with Gasteiger partial charge in [-0.05, 0) is 56.4 Å². The Balaban J connectivity index is 1.41. The fraction of sp³-hybridized carbons (Fsp3) is 0.750. The topological polar surface area (TPSA) is 108 Å². The molecule has 4 rings (SSSR count). The first kappa shape index (κ1) is 23.7. The van der Waals surface area contributed by atoms with Gasteiger partial charge in [0.2, 0.25) is 0 Å². The number of likely N-dealkylation sites (tertiary alicyclic amines) is 1. The summed E-state index contributed by atoms with van der Waals surface area (Å²) >= 11 is 0. The molecule has 3 saturated heterocycles. The largest absolute Gasteiger partial charge is 0.376 e. The van der Waals surface area contributed by atoms with Crippen LogP contribution in [0.5, 0.6) is 0 Å². The SMILES string of the molecule is CCCC1(C2CCN(C(=O)c3cc(CC(C)C)[nH]n3)CC2)NC(=O)N(CC2CCCO2)C1=O. The van der Waals surface area contributed by atoms with Gasteiger partial charge in [0.25, 0.3) is 11.8 Å². The highest BCUT2D eigenvalue weighted by molar-refractivity contribution is 6.07. The van der Waals surface area contributed by atoms with E-state index in [1.807, 2.05) is 17.9 Å². The van der Waals surface area contributed by atoms with Crippen LogP contribution in [-0.2, 0) is 16.0 Å². The summed E-state index contributed by atoms with van der Waals surface area (Å²) in [6.45, 7) is 8.41. The second-order valence-electron chi connectivity index (χ2n) is 10.1. The summed E-state index contributed by atoms with van der Waals surface area (Å²) in [5, 5.41) is 10.3. The maximum absolute atomic E-state index is 13.5. The molecule has 0 radical (unpaired) electrons. The Morgan fingerprint density at radius 3 is 2.67 bits per heavy atom. The summed E-state index contributed by atoms with van der Waals surface area (Å²) in [5.41, 5.74) is 0.534. The maximum atomic E-state index is 13.5. The van der Waals surface area contributed by atoms with Gasteiger partial charge < -0.3 is 15.0 Å². The van der Waals surface area contributed by atoms with E-state index in [0.29, 0.717) is 57.1 Å². The van der Waals surface area contributed by atoms with Crippen molar-refractivity contribution in [3.8, 4) is 0 Å². The molecule has 2 N–H and O–H groups in total. The van der Waals surface area contributed by atoms with Gasteiger partial charge in [-0.15, -0.1) is 0 Å². The lowest BCUT2D eigenvalue weighted by atomic mass is 9.74. The standard InChI is InChI=1S/C24H37N5O4/c1-4-9-24(22(31)29(23(32)25-24)15-19-6-5-12-33-19)17-7-10-28(11-8-17)21(30)20-14-18(26-27-20)13-16(2)3/h14,16-17,19H,4-13,15H2,1-3H3,(H,25,32)(H,26,27). The van der Waals surface area contributed by atoms with Crippen molar-refractivity contribution in [1.82, 2.24) is 25.3 Å². The quantitative estimate of drug-likeness (QED) is 0.581. The van der Waals surface area contributed by atoms with E-state index in [-0.39, 0.29) is 29.9 Å². The van der Waals surface area contributed by atoms with Gasteiger partial charge in [0.1, 0.15) is 11.2 Å². The second-order valence-corrected chi connectivity index (χ2v) is 10.1. The molecule has 3 aliphatic rings. The predicted molar refractivity (Wildman–Crippen MR) is 123 cm³/mol. The highest BCUT2D eigenvalue weighted by Gasteiger charge is 2.55. The minimum atomic E-state index is -0.879. The zero-order valence-electron chi connectivity index (χ0n) is 20.1. The van der Waals surface area contributed by atoms with Crippen molar-refractivity contribution in [3.63, 3.8) is 0 Å². The number of aromatic nitrogens is 2. The molecule has 9 heteroatoms. The first-order chi connectivity index (χ1) is 15.8. The van der Waals surface area contributed by atoms with Gasteiger partial charge in [0, 0.05) is 25.4 Å². The van der Waals surface area contributed by atoms with Crippen LogP contribution in [0.15, 0.2) is 6.07 Å². The third kappa shape index (κ3) is 4.78. The number of piperidine rings is 1. The fourth-order valence-corrected chi connectivity index (χ4v) is 5.60. The van der Waals surface area contributed by atoms with Crippen molar-refractivity contribution < 1.29 is 19.1 Å². The molecule has 0 aliphatic carbocycles. The number of nitrogens with zero attached hydrogens (tertiary/aromatic N) is 3. The Morgan fingerprint density at radius 2 is 2.03 bits per heavy atom. The van der Waals surface area contributed by atoms with Gasteiger partial charge in [-0.25, -0.2) is 4.79 Å². The number of carbonyl (C=O) groups is 3. The highest BCUT2D eigenvalue weighted by atomic mass is 16.5. The smallest absolute Gasteiger partial charge is 0.325 e. The molecule has 1 aromatic heterocycles. The molecule has 33 heavy (non-hydrogen) atoms. The lowest BCUT2D eigenvalue weighted by molar-refractivity contribution is -0.135. The Hall–Kier alpha value is -2.42. The number of hydrogen-bond acceptors (Lipinski definition) is 5. The van der Waals surface area contributed by atoms with Gasteiger partial charge in [-0.3, -0.25) is 19.6 Å². The Labute approximate surface area is 195 Å². The maximum Gasteiger partial charge on any atom is 0.325 e. The number of hydrogen-bond donors (Lipinski definition) is 2. The number of aromatic amines is 1. The summed E-state index contributed by atoms with van der Waals surface area (Å²) in [6.07, 6.45) is 5.39. The van der Waals surface area contributed by atoms with Gasteiger partial charge in [-0.2, -0.15) is 5.10 Å². The van der Waals surface area contributed by atoms with Gasteiger partial charge >= 0.3 is 6.03 Å². The summed E-state index contributed by atoms with van der Waals surface area (Å²) in [7, 11) is 0. The van der Waals surface area contributed by atoms with E-state index in [1.54, 1.807) is 0 Å². The van der Waals surface area contributed by atoms with E-state index in [0.717, 1.165) is 31.4 Å². The first-order valence-electron chi connectivity index (χ1n) is 12.4. The monoisotopic (exact) mass is 459 g/mol. The number of amides is 4. The normalized spacial score (nSPS) is 26.5. The third-order valence-corrected chi connectivity index (χ3v) is 7.21. The zero-order valence-corrected chi connectivity index (χ0v) is 20.1. The lowest BCUT2D eigenvalue weighted by Crippen LogP contribution is -2.56. The molecule has 0 spiro atoms. The molecule has 4 heterocycles. The minimum absolute atomic E-state index is 0.00290. The van der Waals surface area contributed by atoms with Crippen LogP contribution in [0.25, 0.3) is 0 Å². The number of nitrogens with one attached hydrogen (secondary N) is 2. The van der Waals surface area contributed by atoms with Crippen LogP contribution in [-0.4, -0.2) is 75.7 Å². The van der Waals surface area contributed by atoms with Crippen molar-refractivity contribution >= 4 is 17.8 Å². The van der Waals surface area contributed by atoms with E-state index in [2.05, 4.69) is 29.4 Å². The molecule has 3 aliphatic heterocycles. The molecule has 0 saturated carbocycles. The predicted octanol–water partition coefficient (Wildman–Crippen LogP) is 2.73. The highest BCUT2D eigenvalue weighted by Crippen LogP contribution is 2.37. The number of rotatable bonds is 8. The van der Waals surface area contributed by atoms with Gasteiger partial charge in [0.05, 0.1) is 12.6 Å². The first-order valence-corrected chi connectivity index (χ1v) is 12.4. The zero-order chi connectivity index (χ0) is 23.6. The van der Waals surface area contributed by atoms with Crippen LogP contribution in [0, 0.1) is 11.8 Å². The van der Waals surface area contributed by atoms with Crippen LogP contribution < -0.4 is 5.32 Å². The van der Waals surface area contributed by atoms with E-state index < -0.39 is 5.54 Å². The van der Waals surface area contributed by atoms with Crippen LogP contribution in [0.4, 0.5) is 4.79 Å².